The van der Waals surface area contributed by atoms with Crippen LogP contribution in [-0.4, -0.2) is 56.2 Å². The average Bonchev–Trinajstić information content (AvgIpc) is 3.50. The molecule has 3 heterocycles. The number of aromatic nitrogens is 5. The van der Waals surface area contributed by atoms with Crippen LogP contribution in [0.15, 0.2) is 52.2 Å². The molecule has 2 aromatic heterocycles. The number of benzene rings is 2. The van der Waals surface area contributed by atoms with Crippen molar-refractivity contribution in [1.82, 2.24) is 30.7 Å². The van der Waals surface area contributed by atoms with Crippen LogP contribution in [0.4, 0.5) is 11.5 Å². The summed E-state index contributed by atoms with van der Waals surface area (Å²) < 4.78 is 11.1. The summed E-state index contributed by atoms with van der Waals surface area (Å²) in [7, 11) is 1.46. The molecular weight excluding hydrogens is 466 g/mol. The molecule has 13 heteroatoms. The first-order valence-corrected chi connectivity index (χ1v) is 11.1. The largest absolute Gasteiger partial charge is 0.504 e. The van der Waals surface area contributed by atoms with E-state index < -0.39 is 5.91 Å². The number of anilines is 2. The van der Waals surface area contributed by atoms with E-state index in [-0.39, 0.29) is 23.1 Å². The van der Waals surface area contributed by atoms with E-state index in [0.29, 0.717) is 23.6 Å². The van der Waals surface area contributed by atoms with Gasteiger partial charge in [0.15, 0.2) is 17.2 Å². The molecule has 0 fully saturated rings. The Bertz CT molecular complexity index is 1430. The van der Waals surface area contributed by atoms with Gasteiger partial charge in [0.05, 0.1) is 25.6 Å². The van der Waals surface area contributed by atoms with Gasteiger partial charge in [-0.2, -0.15) is 9.78 Å². The quantitative estimate of drug-likeness (QED) is 0.256. The number of nitrogens with two attached hydrogens (primary N) is 1. The van der Waals surface area contributed by atoms with Crippen molar-refractivity contribution in [2.75, 3.05) is 24.3 Å². The number of phenolic OH excluding ortho intramolecular Hbond substituents is 1. The van der Waals surface area contributed by atoms with Crippen LogP contribution in [0.5, 0.6) is 11.5 Å². The van der Waals surface area contributed by atoms with Crippen molar-refractivity contribution in [1.29, 1.82) is 0 Å². The van der Waals surface area contributed by atoms with Crippen LogP contribution in [0, 0.1) is 0 Å². The lowest BCUT2D eigenvalue weighted by Crippen LogP contribution is -2.31. The topological polar surface area (TPSA) is 170 Å². The standard InChI is InChI=1S/C23H23N9O4/c1-35-19-9-8-14(11-18(19)33)12-25-27-23(34)20-17(32(30-26-20)22-21(24)28-36-29-22)13-31-10-4-6-15-5-2-3-7-16(15)31/h2-3,5,7-9,11-12,33H,4,6,10,13H2,1H3,(H2,24,28)(H,27,34)/b25-12-. The Morgan fingerprint density at radius 3 is 2.94 bits per heavy atom. The minimum atomic E-state index is -0.578. The molecule has 4 N–H and O–H groups in total. The molecule has 13 nitrogen and oxygen atoms in total. The molecule has 36 heavy (non-hydrogen) atoms. The summed E-state index contributed by atoms with van der Waals surface area (Å²) in [5, 5.41) is 29.5. The highest BCUT2D eigenvalue weighted by Gasteiger charge is 2.27. The number of amides is 1. The maximum atomic E-state index is 13.1. The third kappa shape index (κ3) is 4.41. The summed E-state index contributed by atoms with van der Waals surface area (Å²) in [4.78, 5) is 15.2. The Morgan fingerprint density at radius 2 is 2.17 bits per heavy atom. The van der Waals surface area contributed by atoms with E-state index in [9.17, 15) is 9.90 Å². The second-order valence-electron chi connectivity index (χ2n) is 8.05. The number of carbonyl (C=O) groups is 1. The molecular formula is C23H23N9O4. The van der Waals surface area contributed by atoms with Crippen molar-refractivity contribution in [2.24, 2.45) is 5.10 Å². The van der Waals surface area contributed by atoms with Gasteiger partial charge in [-0.15, -0.1) is 5.10 Å². The SMILES string of the molecule is COc1ccc(/C=N\NC(=O)c2nnn(-c3nonc3N)c2CN2CCCc3ccccc32)cc1O. The van der Waals surface area contributed by atoms with Gasteiger partial charge in [-0.3, -0.25) is 4.79 Å². The van der Waals surface area contributed by atoms with Crippen LogP contribution in [0.25, 0.3) is 5.82 Å². The summed E-state index contributed by atoms with van der Waals surface area (Å²) in [5.74, 6) is -0.133. The molecule has 1 amide bonds. The van der Waals surface area contributed by atoms with Crippen molar-refractivity contribution < 1.29 is 19.3 Å². The van der Waals surface area contributed by atoms with Crippen LogP contribution in [0.1, 0.15) is 33.7 Å². The number of ether oxygens (including phenoxy) is 1. The Hall–Kier alpha value is -4.94. The molecule has 0 saturated heterocycles. The van der Waals surface area contributed by atoms with E-state index in [0.717, 1.165) is 25.1 Å². The summed E-state index contributed by atoms with van der Waals surface area (Å²) in [5.41, 5.74) is 11.7. The van der Waals surface area contributed by atoms with E-state index in [2.05, 4.69) is 42.1 Å². The van der Waals surface area contributed by atoms with Crippen molar-refractivity contribution in [3.8, 4) is 17.3 Å². The zero-order valence-corrected chi connectivity index (χ0v) is 19.3. The van der Waals surface area contributed by atoms with Gasteiger partial charge < -0.3 is 20.5 Å². The summed E-state index contributed by atoms with van der Waals surface area (Å²) in [6.45, 7) is 1.10. The molecule has 0 bridgehead atoms. The number of carbonyl (C=O) groups excluding carboxylic acids is 1. The van der Waals surface area contributed by atoms with Crippen LogP contribution < -0.4 is 20.8 Å². The number of hydrazone groups is 1. The number of hydrogen-bond acceptors (Lipinski definition) is 11. The Balaban J connectivity index is 1.43. The monoisotopic (exact) mass is 489 g/mol. The number of nitrogens with one attached hydrogen (secondary N) is 1. The third-order valence-electron chi connectivity index (χ3n) is 5.80. The number of methoxy groups -OCH3 is 1. The molecule has 1 aliphatic heterocycles. The molecule has 0 saturated carbocycles. The van der Waals surface area contributed by atoms with Crippen molar-refractivity contribution >= 4 is 23.6 Å². The van der Waals surface area contributed by atoms with Crippen molar-refractivity contribution in [3.63, 3.8) is 0 Å². The van der Waals surface area contributed by atoms with E-state index in [1.54, 1.807) is 12.1 Å². The summed E-state index contributed by atoms with van der Waals surface area (Å²) in [6, 6.07) is 12.9. The number of nitrogen functional groups attached to an aromatic ring is 1. The fraction of sp³-hybridized carbons (Fsp3) is 0.217. The van der Waals surface area contributed by atoms with Crippen LogP contribution in [0.2, 0.25) is 0 Å². The first kappa shape index (κ1) is 22.8. The van der Waals surface area contributed by atoms with E-state index in [4.69, 9.17) is 15.1 Å². The average molecular weight is 489 g/mol. The fourth-order valence-electron chi connectivity index (χ4n) is 4.09. The number of phenols is 1. The second kappa shape index (κ2) is 9.74. The molecule has 0 atom stereocenters. The number of fused-ring (bicyclic) bond motifs is 1. The Morgan fingerprint density at radius 1 is 1.31 bits per heavy atom. The fourth-order valence-corrected chi connectivity index (χ4v) is 4.09. The lowest BCUT2D eigenvalue weighted by atomic mass is 10.0. The smallest absolute Gasteiger partial charge is 0.293 e. The minimum Gasteiger partial charge on any atom is -0.504 e. The highest BCUT2D eigenvalue weighted by Crippen LogP contribution is 2.29. The second-order valence-corrected chi connectivity index (χ2v) is 8.05. The molecule has 0 radical (unpaired) electrons. The third-order valence-corrected chi connectivity index (χ3v) is 5.80. The number of para-hydroxylation sites is 1. The number of nitrogens with zero attached hydrogens (tertiary/aromatic N) is 7. The van der Waals surface area contributed by atoms with Gasteiger partial charge in [-0.25, -0.2) is 10.1 Å². The maximum Gasteiger partial charge on any atom is 0.293 e. The van der Waals surface area contributed by atoms with Gasteiger partial charge in [-0.05, 0) is 58.5 Å². The highest BCUT2D eigenvalue weighted by molar-refractivity contribution is 5.94. The molecule has 5 rings (SSSR count). The van der Waals surface area contributed by atoms with Gasteiger partial charge in [0.1, 0.15) is 0 Å². The number of rotatable bonds is 7. The number of aromatic hydroxyl groups is 1. The van der Waals surface area contributed by atoms with Crippen LogP contribution in [0.3, 0.4) is 0 Å². The Kier molecular flexibility index (Phi) is 6.18. The normalized spacial score (nSPS) is 13.1. The molecule has 2 aromatic carbocycles. The predicted octanol–water partition coefficient (Wildman–Crippen LogP) is 1.66. The number of hydrogen-bond donors (Lipinski definition) is 3. The van der Waals surface area contributed by atoms with Crippen LogP contribution in [-0.2, 0) is 13.0 Å². The molecule has 1 aliphatic rings. The first-order chi connectivity index (χ1) is 17.5. The van der Waals surface area contributed by atoms with E-state index in [1.165, 1.54) is 29.6 Å². The van der Waals surface area contributed by atoms with E-state index >= 15 is 0 Å². The van der Waals surface area contributed by atoms with E-state index in [1.807, 2.05) is 18.2 Å². The lowest BCUT2D eigenvalue weighted by molar-refractivity contribution is 0.0949. The molecule has 0 spiro atoms. The zero-order chi connectivity index (χ0) is 25.1. The molecule has 4 aromatic rings. The highest BCUT2D eigenvalue weighted by atomic mass is 16.6. The zero-order valence-electron chi connectivity index (χ0n) is 19.3. The number of aryl methyl sites for hydroxylation is 1. The molecule has 0 aliphatic carbocycles. The lowest BCUT2D eigenvalue weighted by Gasteiger charge is -2.31. The van der Waals surface area contributed by atoms with Gasteiger partial charge >= 0.3 is 0 Å². The molecule has 184 valence electrons. The van der Waals surface area contributed by atoms with Gasteiger partial charge in [-0.1, -0.05) is 23.4 Å². The molecule has 0 unspecified atom stereocenters. The predicted molar refractivity (Wildman–Crippen MR) is 129 cm³/mol. The van der Waals surface area contributed by atoms with Gasteiger partial charge in [0.2, 0.25) is 11.6 Å². The maximum absolute atomic E-state index is 13.1. The van der Waals surface area contributed by atoms with Crippen molar-refractivity contribution in [2.45, 2.75) is 19.4 Å². The Labute approximate surface area is 205 Å². The minimum absolute atomic E-state index is 0.0180. The van der Waals surface area contributed by atoms with Crippen molar-refractivity contribution in [3.05, 3.63) is 65.0 Å². The van der Waals surface area contributed by atoms with Crippen LogP contribution >= 0.6 is 0 Å². The first-order valence-electron chi connectivity index (χ1n) is 11.1. The summed E-state index contributed by atoms with van der Waals surface area (Å²) in [6.07, 6.45) is 3.33. The van der Waals surface area contributed by atoms with Gasteiger partial charge in [0.25, 0.3) is 5.91 Å². The van der Waals surface area contributed by atoms with Gasteiger partial charge in [0, 0.05) is 12.2 Å². The summed E-state index contributed by atoms with van der Waals surface area (Å²) >= 11 is 0.